The summed E-state index contributed by atoms with van der Waals surface area (Å²) in [6.07, 6.45) is 1.94. The lowest BCUT2D eigenvalue weighted by molar-refractivity contribution is -0.139. The molecule has 3 N–H and O–H groups in total. The molecule has 1 aromatic rings. The predicted octanol–water partition coefficient (Wildman–Crippen LogP) is 0.515. The molecule has 0 aliphatic carbocycles. The number of carbonyl (C=O) groups is 3. The topological polar surface area (TPSA) is 126 Å². The summed E-state index contributed by atoms with van der Waals surface area (Å²) in [5.41, 5.74) is 2.72. The van der Waals surface area contributed by atoms with Crippen LogP contribution in [0.2, 0.25) is 0 Å². The van der Waals surface area contributed by atoms with Crippen LogP contribution in [0.3, 0.4) is 0 Å². The van der Waals surface area contributed by atoms with Gasteiger partial charge in [-0.1, -0.05) is 0 Å². The van der Waals surface area contributed by atoms with Gasteiger partial charge in [0.1, 0.15) is 5.75 Å². The molecule has 0 saturated heterocycles. The zero-order chi connectivity index (χ0) is 18.7. The number of halogens is 1. The highest BCUT2D eigenvalue weighted by atomic mass is 79.9. The number of rotatable bonds is 9. The highest BCUT2D eigenvalue weighted by Gasteiger charge is 2.11. The van der Waals surface area contributed by atoms with E-state index in [9.17, 15) is 14.4 Å². The normalized spacial score (nSPS) is 10.5. The van der Waals surface area contributed by atoms with Gasteiger partial charge >= 0.3 is 17.8 Å². The quantitative estimate of drug-likeness (QED) is 0.233. The highest BCUT2D eigenvalue weighted by molar-refractivity contribution is 9.10. The summed E-state index contributed by atoms with van der Waals surface area (Å²) >= 11 is 3.24. The number of hydrazone groups is 1. The molecule has 0 aromatic heterocycles. The Hall–Kier alpha value is -2.46. The van der Waals surface area contributed by atoms with Crippen molar-refractivity contribution in [2.24, 2.45) is 5.10 Å². The number of carboxylic acid groups (broad SMARTS) is 1. The minimum Gasteiger partial charge on any atom is -0.481 e. The molecule has 0 spiro atoms. The number of hydrogen-bond donors (Lipinski definition) is 3. The van der Waals surface area contributed by atoms with E-state index in [1.807, 2.05) is 0 Å². The monoisotopic (exact) mass is 415 g/mol. The third-order valence-electron chi connectivity index (χ3n) is 2.70. The molecule has 0 atom stereocenters. The van der Waals surface area contributed by atoms with Crippen LogP contribution in [0.1, 0.15) is 12.0 Å². The van der Waals surface area contributed by atoms with E-state index in [2.05, 4.69) is 31.8 Å². The molecule has 0 aliphatic rings. The van der Waals surface area contributed by atoms with Gasteiger partial charge in [-0.05, 0) is 46.1 Å². The summed E-state index contributed by atoms with van der Waals surface area (Å²) in [6.45, 7) is 0.358. The van der Waals surface area contributed by atoms with Crippen LogP contribution in [-0.2, 0) is 19.1 Å². The maximum Gasteiger partial charge on any atom is 0.341 e. The maximum atomic E-state index is 11.5. The lowest BCUT2D eigenvalue weighted by atomic mass is 10.2. The van der Waals surface area contributed by atoms with Crippen LogP contribution in [0, 0.1) is 0 Å². The number of nitrogens with zero attached hydrogens (tertiary/aromatic N) is 1. The molecule has 0 unspecified atom stereocenters. The Bertz CT molecular complexity index is 650. The van der Waals surface area contributed by atoms with Gasteiger partial charge in [0, 0.05) is 20.3 Å². The van der Waals surface area contributed by atoms with Crippen molar-refractivity contribution >= 4 is 39.9 Å². The number of benzene rings is 1. The second-order valence-electron chi connectivity index (χ2n) is 4.67. The summed E-state index contributed by atoms with van der Waals surface area (Å²) in [6, 6.07) is 4.79. The molecule has 25 heavy (non-hydrogen) atoms. The molecule has 0 aliphatic heterocycles. The van der Waals surface area contributed by atoms with E-state index < -0.39 is 24.4 Å². The molecule has 9 nitrogen and oxygen atoms in total. The van der Waals surface area contributed by atoms with Crippen LogP contribution in [0.15, 0.2) is 27.8 Å². The Labute approximate surface area is 152 Å². The van der Waals surface area contributed by atoms with Gasteiger partial charge in [0.2, 0.25) is 0 Å². The predicted molar refractivity (Wildman–Crippen MR) is 92.5 cm³/mol. The first-order valence-electron chi connectivity index (χ1n) is 7.18. The lowest BCUT2D eigenvalue weighted by Crippen LogP contribution is -2.38. The Morgan fingerprint density at radius 1 is 1.32 bits per heavy atom. The average Bonchev–Trinajstić information content (AvgIpc) is 2.57. The molecule has 0 heterocycles. The van der Waals surface area contributed by atoms with Crippen LogP contribution in [0.4, 0.5) is 0 Å². The fraction of sp³-hybridized carbons (Fsp3) is 0.333. The van der Waals surface area contributed by atoms with Crippen molar-refractivity contribution in [3.63, 3.8) is 0 Å². The van der Waals surface area contributed by atoms with Gasteiger partial charge < -0.3 is 19.9 Å². The molecule has 1 rings (SSSR count). The van der Waals surface area contributed by atoms with Gasteiger partial charge in [0.05, 0.1) is 10.7 Å². The van der Waals surface area contributed by atoms with E-state index in [-0.39, 0.29) is 0 Å². The zero-order valence-corrected chi connectivity index (χ0v) is 15.0. The molecule has 2 amide bonds. The van der Waals surface area contributed by atoms with Gasteiger partial charge in [0.15, 0.2) is 6.61 Å². The van der Waals surface area contributed by atoms with Crippen molar-refractivity contribution in [3.8, 4) is 5.75 Å². The molecular formula is C15H18BrN3O6. The standard InChI is InChI=1S/C15H18BrN3O6/c1-24-6-2-5-17-14(22)15(23)19-18-8-10-3-4-12(11(16)7-10)25-9-13(20)21/h3-4,7-8H,2,5-6,9H2,1H3,(H,17,22)(H,19,23)(H,20,21)/b18-8-. The first-order valence-corrected chi connectivity index (χ1v) is 7.97. The van der Waals surface area contributed by atoms with E-state index in [0.29, 0.717) is 35.4 Å². The smallest absolute Gasteiger partial charge is 0.341 e. The number of ether oxygens (including phenoxy) is 2. The minimum absolute atomic E-state index is 0.328. The second-order valence-corrected chi connectivity index (χ2v) is 5.53. The average molecular weight is 416 g/mol. The lowest BCUT2D eigenvalue weighted by Gasteiger charge is -2.06. The van der Waals surface area contributed by atoms with Crippen molar-refractivity contribution in [1.82, 2.24) is 10.7 Å². The van der Waals surface area contributed by atoms with Gasteiger partial charge in [-0.3, -0.25) is 9.59 Å². The van der Waals surface area contributed by atoms with Crippen LogP contribution in [0.5, 0.6) is 5.75 Å². The largest absolute Gasteiger partial charge is 0.481 e. The molecule has 0 radical (unpaired) electrons. The van der Waals surface area contributed by atoms with Crippen molar-refractivity contribution in [2.45, 2.75) is 6.42 Å². The van der Waals surface area contributed by atoms with Gasteiger partial charge in [-0.15, -0.1) is 0 Å². The molecule has 0 saturated carbocycles. The molecule has 136 valence electrons. The number of carbonyl (C=O) groups excluding carboxylic acids is 2. The number of amides is 2. The molecule has 1 aromatic carbocycles. The Kier molecular flexibility index (Phi) is 9.19. The van der Waals surface area contributed by atoms with Gasteiger partial charge in [0.25, 0.3) is 0 Å². The van der Waals surface area contributed by atoms with E-state index in [1.165, 1.54) is 6.21 Å². The summed E-state index contributed by atoms with van der Waals surface area (Å²) in [7, 11) is 1.55. The summed E-state index contributed by atoms with van der Waals surface area (Å²) in [4.78, 5) is 33.4. The zero-order valence-electron chi connectivity index (χ0n) is 13.5. The number of methoxy groups -OCH3 is 1. The van der Waals surface area contributed by atoms with Gasteiger partial charge in [-0.2, -0.15) is 5.10 Å². The fourth-order valence-electron chi connectivity index (χ4n) is 1.57. The number of carboxylic acids is 1. The van der Waals surface area contributed by atoms with Crippen molar-refractivity contribution in [2.75, 3.05) is 26.9 Å². The summed E-state index contributed by atoms with van der Waals surface area (Å²) < 4.78 is 10.4. The summed E-state index contributed by atoms with van der Waals surface area (Å²) in [5, 5.41) is 14.7. The molecule has 0 fully saturated rings. The molecular weight excluding hydrogens is 398 g/mol. The SMILES string of the molecule is COCCCNC(=O)C(=O)N/N=C\c1ccc(OCC(=O)O)c(Br)c1. The van der Waals surface area contributed by atoms with Crippen LogP contribution in [0.25, 0.3) is 0 Å². The number of hydrogen-bond acceptors (Lipinski definition) is 6. The van der Waals surface area contributed by atoms with E-state index in [4.69, 9.17) is 14.6 Å². The first kappa shape index (κ1) is 20.6. The second kappa shape index (κ2) is 11.2. The third kappa shape index (κ3) is 8.27. The van der Waals surface area contributed by atoms with Crippen molar-refractivity contribution < 1.29 is 29.0 Å². The van der Waals surface area contributed by atoms with Gasteiger partial charge in [-0.25, -0.2) is 10.2 Å². The molecule has 10 heteroatoms. The first-order chi connectivity index (χ1) is 11.9. The Balaban J connectivity index is 2.47. The van der Waals surface area contributed by atoms with E-state index in [1.54, 1.807) is 25.3 Å². The van der Waals surface area contributed by atoms with Crippen LogP contribution in [-0.4, -0.2) is 56.0 Å². The van der Waals surface area contributed by atoms with Crippen molar-refractivity contribution in [1.29, 1.82) is 0 Å². The maximum absolute atomic E-state index is 11.5. The van der Waals surface area contributed by atoms with Crippen LogP contribution < -0.4 is 15.5 Å². The highest BCUT2D eigenvalue weighted by Crippen LogP contribution is 2.25. The fourth-order valence-corrected chi connectivity index (χ4v) is 2.08. The third-order valence-corrected chi connectivity index (χ3v) is 3.32. The Morgan fingerprint density at radius 2 is 2.08 bits per heavy atom. The van der Waals surface area contributed by atoms with E-state index in [0.717, 1.165) is 0 Å². The van der Waals surface area contributed by atoms with Crippen LogP contribution >= 0.6 is 15.9 Å². The van der Waals surface area contributed by atoms with E-state index >= 15 is 0 Å². The summed E-state index contributed by atoms with van der Waals surface area (Å²) in [5.74, 6) is -2.39. The number of nitrogens with one attached hydrogen (secondary N) is 2. The minimum atomic E-state index is -1.08. The van der Waals surface area contributed by atoms with Crippen molar-refractivity contribution in [3.05, 3.63) is 28.2 Å². The Morgan fingerprint density at radius 3 is 2.72 bits per heavy atom. The molecule has 0 bridgehead atoms. The number of aliphatic carboxylic acids is 1.